The smallest absolute Gasteiger partial charge is 0.292 e. The Morgan fingerprint density at radius 3 is 2.39 bits per heavy atom. The Labute approximate surface area is 192 Å². The lowest BCUT2D eigenvalue weighted by Crippen LogP contribution is -2.15. The van der Waals surface area contributed by atoms with E-state index >= 15 is 0 Å². The van der Waals surface area contributed by atoms with Gasteiger partial charge in [0.05, 0.1) is 10.6 Å². The summed E-state index contributed by atoms with van der Waals surface area (Å²) >= 11 is 0. The Bertz CT molecular complexity index is 1200. The summed E-state index contributed by atoms with van der Waals surface area (Å²) in [6.45, 7) is 8.00. The number of hydrogen-bond donors (Lipinski definition) is 1. The molecule has 0 bridgehead atoms. The molecule has 0 aliphatic heterocycles. The number of para-hydroxylation sites is 2. The van der Waals surface area contributed by atoms with Crippen molar-refractivity contribution in [3.8, 4) is 5.69 Å². The normalized spacial score (nSPS) is 9.82. The first-order valence-corrected chi connectivity index (χ1v) is 10.9. The van der Waals surface area contributed by atoms with Crippen LogP contribution in [0.2, 0.25) is 0 Å². The van der Waals surface area contributed by atoms with Crippen LogP contribution < -0.4 is 5.32 Å². The van der Waals surface area contributed by atoms with Gasteiger partial charge in [0.15, 0.2) is 5.82 Å². The molecular weight excluding hydrogens is 420 g/mol. The van der Waals surface area contributed by atoms with Gasteiger partial charge in [0.2, 0.25) is 5.91 Å². The highest BCUT2D eigenvalue weighted by molar-refractivity contribution is 5.93. The van der Waals surface area contributed by atoms with Gasteiger partial charge in [-0.05, 0) is 27.9 Å². The maximum Gasteiger partial charge on any atom is 0.292 e. The van der Waals surface area contributed by atoms with E-state index in [1.165, 1.54) is 12.1 Å². The predicted molar refractivity (Wildman–Crippen MR) is 129 cm³/mol. The molecule has 0 aliphatic carbocycles. The second-order valence-electron chi connectivity index (χ2n) is 6.33. The Morgan fingerprint density at radius 2 is 1.64 bits per heavy atom. The lowest BCUT2D eigenvalue weighted by Gasteiger charge is -2.09. The van der Waals surface area contributed by atoms with Crippen molar-refractivity contribution >= 4 is 28.1 Å². The number of tetrazole rings is 1. The lowest BCUT2D eigenvalue weighted by molar-refractivity contribution is -0.383. The van der Waals surface area contributed by atoms with Crippen molar-refractivity contribution in [3.05, 3.63) is 82.7 Å². The molecular formula is C24H28N6O3. The van der Waals surface area contributed by atoms with Gasteiger partial charge in [-0.3, -0.25) is 14.9 Å². The molecule has 172 valence electrons. The molecule has 0 fully saturated rings. The molecule has 0 saturated carbocycles. The fourth-order valence-electron chi connectivity index (χ4n) is 3.12. The monoisotopic (exact) mass is 448 g/mol. The third-order valence-corrected chi connectivity index (χ3v) is 4.48. The van der Waals surface area contributed by atoms with Crippen molar-refractivity contribution in [3.63, 3.8) is 0 Å². The summed E-state index contributed by atoms with van der Waals surface area (Å²) in [4.78, 5) is 22.9. The van der Waals surface area contributed by atoms with Gasteiger partial charge < -0.3 is 5.32 Å². The van der Waals surface area contributed by atoms with Crippen molar-refractivity contribution in [2.45, 2.75) is 40.5 Å². The summed E-state index contributed by atoms with van der Waals surface area (Å²) in [5.41, 5.74) is 0.833. The average molecular weight is 449 g/mol. The zero-order valence-corrected chi connectivity index (χ0v) is 19.2. The van der Waals surface area contributed by atoms with E-state index in [-0.39, 0.29) is 30.1 Å². The molecule has 0 saturated heterocycles. The first kappa shape index (κ1) is 25.1. The highest BCUT2D eigenvalue weighted by atomic mass is 16.6. The van der Waals surface area contributed by atoms with Gasteiger partial charge in [0.1, 0.15) is 5.69 Å². The van der Waals surface area contributed by atoms with Gasteiger partial charge in [0, 0.05) is 24.3 Å². The van der Waals surface area contributed by atoms with E-state index in [1.807, 2.05) is 70.2 Å². The molecule has 33 heavy (non-hydrogen) atoms. The molecule has 3 aromatic carbocycles. The summed E-state index contributed by atoms with van der Waals surface area (Å²) in [6.07, 6.45) is 0.361. The van der Waals surface area contributed by atoms with Crippen LogP contribution in [0.4, 0.5) is 11.4 Å². The molecule has 9 nitrogen and oxygen atoms in total. The minimum Gasteiger partial charge on any atom is -0.320 e. The third kappa shape index (κ3) is 6.19. The van der Waals surface area contributed by atoms with Crippen molar-refractivity contribution < 1.29 is 9.72 Å². The molecule has 4 rings (SSSR count). The number of fused-ring (bicyclic) bond motifs is 1. The Hall–Kier alpha value is -4.14. The molecule has 1 amide bonds. The van der Waals surface area contributed by atoms with Crippen molar-refractivity contribution in [2.75, 3.05) is 5.32 Å². The van der Waals surface area contributed by atoms with Crippen LogP contribution in [0.15, 0.2) is 66.7 Å². The van der Waals surface area contributed by atoms with Crippen molar-refractivity contribution in [1.82, 2.24) is 20.2 Å². The fourth-order valence-corrected chi connectivity index (χ4v) is 3.12. The van der Waals surface area contributed by atoms with E-state index in [1.54, 1.807) is 16.8 Å². The Balaban J connectivity index is 0.000000914. The van der Waals surface area contributed by atoms with E-state index in [0.717, 1.165) is 16.5 Å². The van der Waals surface area contributed by atoms with E-state index in [0.29, 0.717) is 5.82 Å². The number of aryl methyl sites for hydroxylation is 1. The predicted octanol–water partition coefficient (Wildman–Crippen LogP) is 5.35. The first-order valence-electron chi connectivity index (χ1n) is 10.9. The second kappa shape index (κ2) is 12.7. The van der Waals surface area contributed by atoms with Gasteiger partial charge in [-0.25, -0.2) is 0 Å². The first-order chi connectivity index (χ1) is 16.1. The summed E-state index contributed by atoms with van der Waals surface area (Å²) in [6, 6.07) is 19.7. The molecule has 0 spiro atoms. The zero-order chi connectivity index (χ0) is 24.2. The van der Waals surface area contributed by atoms with Crippen LogP contribution >= 0.6 is 0 Å². The van der Waals surface area contributed by atoms with E-state index < -0.39 is 4.92 Å². The molecule has 4 aromatic rings. The maximum absolute atomic E-state index is 12.3. The number of rotatable bonds is 6. The summed E-state index contributed by atoms with van der Waals surface area (Å²) in [5.74, 6) is 0.172. The highest BCUT2D eigenvalue weighted by Crippen LogP contribution is 2.24. The average Bonchev–Trinajstić information content (AvgIpc) is 3.33. The number of benzene rings is 3. The zero-order valence-electron chi connectivity index (χ0n) is 19.2. The van der Waals surface area contributed by atoms with Crippen molar-refractivity contribution in [1.29, 1.82) is 0 Å². The van der Waals surface area contributed by atoms with Crippen LogP contribution in [-0.2, 0) is 11.2 Å². The standard InChI is InChI=1S/C20H16N6O3.2C2H6/c27-20(21-16-9-3-4-10-18(16)26(28)29)13-12-19-22-23-24-25(19)17-11-5-7-14-6-1-2-8-15(14)17;2*1-2/h1-11H,12-13H2,(H,21,27);2*1-2H3. The number of nitro benzene ring substituents is 1. The molecule has 9 heteroatoms. The minimum absolute atomic E-state index is 0.0805. The van der Waals surface area contributed by atoms with Crippen LogP contribution in [0.3, 0.4) is 0 Å². The van der Waals surface area contributed by atoms with E-state index in [4.69, 9.17) is 0 Å². The maximum atomic E-state index is 12.3. The largest absolute Gasteiger partial charge is 0.320 e. The molecule has 1 heterocycles. The lowest BCUT2D eigenvalue weighted by atomic mass is 10.1. The van der Waals surface area contributed by atoms with Gasteiger partial charge in [0.25, 0.3) is 5.69 Å². The quantitative estimate of drug-likeness (QED) is 0.314. The Morgan fingerprint density at radius 1 is 0.970 bits per heavy atom. The number of hydrogen-bond acceptors (Lipinski definition) is 6. The highest BCUT2D eigenvalue weighted by Gasteiger charge is 2.16. The molecule has 1 N–H and O–H groups in total. The molecule has 0 atom stereocenters. The van der Waals surface area contributed by atoms with Gasteiger partial charge in [-0.1, -0.05) is 76.2 Å². The fraction of sp³-hybridized carbons (Fsp3) is 0.250. The topological polar surface area (TPSA) is 116 Å². The summed E-state index contributed by atoms with van der Waals surface area (Å²) in [5, 5.41) is 27.6. The molecule has 0 unspecified atom stereocenters. The summed E-state index contributed by atoms with van der Waals surface area (Å²) in [7, 11) is 0. The van der Waals surface area contributed by atoms with Crippen LogP contribution in [-0.4, -0.2) is 31.0 Å². The molecule has 1 aromatic heterocycles. The van der Waals surface area contributed by atoms with Gasteiger partial charge in [-0.2, -0.15) is 4.68 Å². The third-order valence-electron chi connectivity index (χ3n) is 4.48. The van der Waals surface area contributed by atoms with Crippen LogP contribution in [0, 0.1) is 10.1 Å². The number of carbonyl (C=O) groups is 1. The number of aromatic nitrogens is 4. The number of anilines is 1. The Kier molecular flexibility index (Phi) is 9.63. The van der Waals surface area contributed by atoms with E-state index in [2.05, 4.69) is 20.8 Å². The van der Waals surface area contributed by atoms with Crippen LogP contribution in [0.25, 0.3) is 16.5 Å². The van der Waals surface area contributed by atoms with E-state index in [9.17, 15) is 14.9 Å². The van der Waals surface area contributed by atoms with Crippen molar-refractivity contribution in [2.24, 2.45) is 0 Å². The minimum atomic E-state index is -0.531. The SMILES string of the molecule is CC.CC.O=C(CCc1nnnn1-c1cccc2ccccc12)Nc1ccccc1[N+](=O)[O-]. The van der Waals surface area contributed by atoms with Crippen LogP contribution in [0.1, 0.15) is 39.9 Å². The van der Waals surface area contributed by atoms with Crippen LogP contribution in [0.5, 0.6) is 0 Å². The number of carbonyl (C=O) groups excluding carboxylic acids is 1. The molecule has 0 radical (unpaired) electrons. The van der Waals surface area contributed by atoms with Gasteiger partial charge >= 0.3 is 0 Å². The number of amides is 1. The number of nitro groups is 1. The molecule has 0 aliphatic rings. The number of nitrogens with zero attached hydrogens (tertiary/aromatic N) is 5. The van der Waals surface area contributed by atoms with Gasteiger partial charge in [-0.15, -0.1) is 5.10 Å². The number of nitrogens with one attached hydrogen (secondary N) is 1. The summed E-state index contributed by atoms with van der Waals surface area (Å²) < 4.78 is 1.61. The second-order valence-corrected chi connectivity index (χ2v) is 6.33.